The molecule has 1 aromatic carbocycles. The summed E-state index contributed by atoms with van der Waals surface area (Å²) >= 11 is 5.84. The molecule has 0 amide bonds. The molecule has 0 unspecified atom stereocenters. The van der Waals surface area contributed by atoms with E-state index in [1.54, 1.807) is 23.1 Å². The molecule has 2 N–H and O–H groups in total. The number of nitrogens with two attached hydrogens (primary N) is 1. The summed E-state index contributed by atoms with van der Waals surface area (Å²) in [5.74, 6) is 0. The van der Waals surface area contributed by atoms with E-state index in [2.05, 4.69) is 10.1 Å². The Bertz CT molecular complexity index is 410. The summed E-state index contributed by atoms with van der Waals surface area (Å²) in [6.07, 6.45) is 3.06. The predicted octanol–water partition coefficient (Wildman–Crippen LogP) is 1.50. The molecular weight excluding hydrogens is 188 g/mol. The van der Waals surface area contributed by atoms with Crippen molar-refractivity contribution in [1.82, 2.24) is 14.8 Å². The van der Waals surface area contributed by atoms with Gasteiger partial charge < -0.3 is 5.73 Å². The van der Waals surface area contributed by atoms with Gasteiger partial charge in [0, 0.05) is 0 Å². The maximum Gasteiger partial charge on any atom is 0.138 e. The molecule has 0 radical (unpaired) electrons. The van der Waals surface area contributed by atoms with Gasteiger partial charge in [-0.25, -0.2) is 9.67 Å². The van der Waals surface area contributed by atoms with Gasteiger partial charge in [0.05, 0.1) is 16.4 Å². The van der Waals surface area contributed by atoms with Gasteiger partial charge in [-0.05, 0) is 18.2 Å². The van der Waals surface area contributed by atoms with Gasteiger partial charge in [0.15, 0.2) is 0 Å². The number of nitrogen functional groups attached to an aromatic ring is 1. The molecule has 13 heavy (non-hydrogen) atoms. The van der Waals surface area contributed by atoms with Crippen LogP contribution in [-0.4, -0.2) is 14.8 Å². The fourth-order valence-corrected chi connectivity index (χ4v) is 1.17. The largest absolute Gasteiger partial charge is 0.398 e. The molecule has 0 fully saturated rings. The first-order valence-corrected chi connectivity index (χ1v) is 4.05. The summed E-state index contributed by atoms with van der Waals surface area (Å²) in [5.41, 5.74) is 6.97. The number of nitrogens with zero attached hydrogens (tertiary/aromatic N) is 3. The van der Waals surface area contributed by atoms with Gasteiger partial charge >= 0.3 is 0 Å². The Kier molecular flexibility index (Phi) is 1.90. The van der Waals surface area contributed by atoms with Gasteiger partial charge in [-0.1, -0.05) is 11.6 Å². The number of rotatable bonds is 1. The van der Waals surface area contributed by atoms with Crippen LogP contribution in [0, 0.1) is 0 Å². The molecule has 0 saturated heterocycles. The first-order valence-electron chi connectivity index (χ1n) is 3.67. The highest BCUT2D eigenvalue weighted by Gasteiger charge is 2.00. The maximum absolute atomic E-state index is 5.84. The molecule has 5 heteroatoms. The van der Waals surface area contributed by atoms with Crippen LogP contribution in [0.4, 0.5) is 5.69 Å². The topological polar surface area (TPSA) is 56.7 Å². The normalized spacial score (nSPS) is 10.2. The van der Waals surface area contributed by atoms with Gasteiger partial charge in [0.2, 0.25) is 0 Å². The van der Waals surface area contributed by atoms with E-state index in [0.717, 1.165) is 5.69 Å². The van der Waals surface area contributed by atoms with Crippen LogP contribution in [0.1, 0.15) is 0 Å². The lowest BCUT2D eigenvalue weighted by atomic mass is 10.3. The molecule has 0 bridgehead atoms. The van der Waals surface area contributed by atoms with E-state index in [0.29, 0.717) is 10.7 Å². The molecule has 1 aromatic heterocycles. The van der Waals surface area contributed by atoms with Gasteiger partial charge in [0.25, 0.3) is 0 Å². The summed E-state index contributed by atoms with van der Waals surface area (Å²) in [6, 6.07) is 5.31. The molecule has 0 aliphatic rings. The second kappa shape index (κ2) is 3.06. The zero-order valence-electron chi connectivity index (χ0n) is 6.68. The van der Waals surface area contributed by atoms with Crippen molar-refractivity contribution in [3.8, 4) is 5.69 Å². The Balaban J connectivity index is 2.49. The van der Waals surface area contributed by atoms with Crippen LogP contribution in [0.2, 0.25) is 5.02 Å². The first-order chi connectivity index (χ1) is 6.27. The SMILES string of the molecule is Nc1ccc(-n2cncn2)cc1Cl. The van der Waals surface area contributed by atoms with Crippen molar-refractivity contribution in [3.05, 3.63) is 35.9 Å². The molecule has 1 heterocycles. The number of aromatic nitrogens is 3. The lowest BCUT2D eigenvalue weighted by Crippen LogP contribution is -1.95. The minimum absolute atomic E-state index is 0.521. The van der Waals surface area contributed by atoms with E-state index in [4.69, 9.17) is 17.3 Å². The number of hydrogen-bond donors (Lipinski definition) is 1. The number of benzene rings is 1. The Labute approximate surface area is 80.0 Å². The second-order valence-electron chi connectivity index (χ2n) is 2.55. The third kappa shape index (κ3) is 1.48. The quantitative estimate of drug-likeness (QED) is 0.700. The second-order valence-corrected chi connectivity index (χ2v) is 2.95. The number of halogens is 1. The van der Waals surface area contributed by atoms with E-state index >= 15 is 0 Å². The van der Waals surface area contributed by atoms with Crippen LogP contribution in [0.15, 0.2) is 30.9 Å². The van der Waals surface area contributed by atoms with Crippen molar-refractivity contribution < 1.29 is 0 Å². The highest BCUT2D eigenvalue weighted by atomic mass is 35.5. The zero-order chi connectivity index (χ0) is 9.26. The molecule has 4 nitrogen and oxygen atoms in total. The van der Waals surface area contributed by atoms with E-state index in [1.807, 2.05) is 6.07 Å². The minimum atomic E-state index is 0.521. The highest BCUT2D eigenvalue weighted by molar-refractivity contribution is 6.33. The fraction of sp³-hybridized carbons (Fsp3) is 0. The van der Waals surface area contributed by atoms with Crippen LogP contribution in [0.3, 0.4) is 0 Å². The Hall–Kier alpha value is -1.55. The Morgan fingerprint density at radius 1 is 1.38 bits per heavy atom. The molecule has 0 spiro atoms. The van der Waals surface area contributed by atoms with E-state index < -0.39 is 0 Å². The van der Waals surface area contributed by atoms with E-state index in [-0.39, 0.29) is 0 Å². The molecule has 0 aliphatic heterocycles. The zero-order valence-corrected chi connectivity index (χ0v) is 7.44. The standard InChI is InChI=1S/C8H7ClN4/c9-7-3-6(1-2-8(7)10)13-5-11-4-12-13/h1-5H,10H2. The summed E-state index contributed by atoms with van der Waals surface area (Å²) < 4.78 is 1.62. The Morgan fingerprint density at radius 3 is 2.85 bits per heavy atom. The van der Waals surface area contributed by atoms with Crippen molar-refractivity contribution in [3.63, 3.8) is 0 Å². The third-order valence-corrected chi connectivity index (χ3v) is 1.99. The molecule has 2 rings (SSSR count). The van der Waals surface area contributed by atoms with E-state index in [1.165, 1.54) is 6.33 Å². The van der Waals surface area contributed by atoms with Crippen LogP contribution >= 0.6 is 11.6 Å². The minimum Gasteiger partial charge on any atom is -0.398 e. The number of hydrogen-bond acceptors (Lipinski definition) is 3. The van der Waals surface area contributed by atoms with Gasteiger partial charge in [-0.15, -0.1) is 0 Å². The third-order valence-electron chi connectivity index (χ3n) is 1.67. The van der Waals surface area contributed by atoms with Crippen LogP contribution in [0.25, 0.3) is 5.69 Å². The average Bonchev–Trinajstić information content (AvgIpc) is 2.62. The van der Waals surface area contributed by atoms with Gasteiger partial charge in [-0.3, -0.25) is 0 Å². The smallest absolute Gasteiger partial charge is 0.138 e. The summed E-state index contributed by atoms with van der Waals surface area (Å²) in [4.78, 5) is 3.83. The lowest BCUT2D eigenvalue weighted by Gasteiger charge is -2.02. The van der Waals surface area contributed by atoms with Crippen LogP contribution in [0.5, 0.6) is 0 Å². The van der Waals surface area contributed by atoms with Gasteiger partial charge in [-0.2, -0.15) is 5.10 Å². The lowest BCUT2D eigenvalue weighted by molar-refractivity contribution is 0.879. The van der Waals surface area contributed by atoms with Crippen molar-refractivity contribution in [2.24, 2.45) is 0 Å². The van der Waals surface area contributed by atoms with Crippen LogP contribution < -0.4 is 5.73 Å². The molecule has 0 saturated carbocycles. The molecule has 0 atom stereocenters. The van der Waals surface area contributed by atoms with Crippen LogP contribution in [-0.2, 0) is 0 Å². The highest BCUT2D eigenvalue weighted by Crippen LogP contribution is 2.20. The molecule has 66 valence electrons. The monoisotopic (exact) mass is 194 g/mol. The van der Waals surface area contributed by atoms with Crippen molar-refractivity contribution >= 4 is 17.3 Å². The van der Waals surface area contributed by atoms with Crippen molar-refractivity contribution in [1.29, 1.82) is 0 Å². The molecule has 2 aromatic rings. The van der Waals surface area contributed by atoms with Crippen molar-refractivity contribution in [2.45, 2.75) is 0 Å². The first kappa shape index (κ1) is 8.07. The maximum atomic E-state index is 5.84. The molecular formula is C8H7ClN4. The molecule has 0 aliphatic carbocycles. The van der Waals surface area contributed by atoms with E-state index in [9.17, 15) is 0 Å². The fourth-order valence-electron chi connectivity index (χ4n) is 1.00. The number of anilines is 1. The average molecular weight is 195 g/mol. The summed E-state index contributed by atoms with van der Waals surface area (Å²) in [7, 11) is 0. The predicted molar refractivity (Wildman–Crippen MR) is 50.8 cm³/mol. The Morgan fingerprint density at radius 2 is 2.23 bits per heavy atom. The van der Waals surface area contributed by atoms with Gasteiger partial charge in [0.1, 0.15) is 12.7 Å². The summed E-state index contributed by atoms with van der Waals surface area (Å²) in [5, 5.41) is 4.48. The summed E-state index contributed by atoms with van der Waals surface area (Å²) in [6.45, 7) is 0. The van der Waals surface area contributed by atoms with Crippen molar-refractivity contribution in [2.75, 3.05) is 5.73 Å².